The number of aryl methyl sites for hydroxylation is 2. The van der Waals surface area contributed by atoms with Crippen molar-refractivity contribution >= 4 is 0 Å². The minimum Gasteiger partial charge on any atom is -0.374 e. The van der Waals surface area contributed by atoms with Gasteiger partial charge < -0.3 is 10.1 Å². The molecule has 0 aliphatic rings. The number of hydrogen-bond acceptors (Lipinski definition) is 2. The predicted octanol–water partition coefficient (Wildman–Crippen LogP) is 4.16. The first kappa shape index (κ1) is 16.2. The molecule has 1 aromatic rings. The molecule has 1 aromatic carbocycles. The number of hydrogen-bond donors (Lipinski definition) is 1. The van der Waals surface area contributed by atoms with Crippen LogP contribution < -0.4 is 5.32 Å². The van der Waals surface area contributed by atoms with Gasteiger partial charge in [-0.05, 0) is 58.7 Å². The molecule has 0 aromatic heterocycles. The highest BCUT2D eigenvalue weighted by atomic mass is 16.5. The summed E-state index contributed by atoms with van der Waals surface area (Å²) in [6, 6.07) is 6.88. The molecule has 0 fully saturated rings. The third-order valence-electron chi connectivity index (χ3n) is 3.56. The third-order valence-corrected chi connectivity index (χ3v) is 3.56. The van der Waals surface area contributed by atoms with Crippen LogP contribution in [-0.2, 0) is 4.74 Å². The monoisotopic (exact) mass is 263 g/mol. The first-order valence-corrected chi connectivity index (χ1v) is 7.36. The molecule has 0 amide bonds. The van der Waals surface area contributed by atoms with Gasteiger partial charge in [0.2, 0.25) is 0 Å². The van der Waals surface area contributed by atoms with Crippen molar-refractivity contribution in [1.29, 1.82) is 0 Å². The predicted molar refractivity (Wildman–Crippen MR) is 82.7 cm³/mol. The topological polar surface area (TPSA) is 21.3 Å². The Bertz CT molecular complexity index is 398. The summed E-state index contributed by atoms with van der Waals surface area (Å²) in [5.74, 6) is 0. The van der Waals surface area contributed by atoms with E-state index in [0.717, 1.165) is 19.6 Å². The van der Waals surface area contributed by atoms with Crippen LogP contribution in [0, 0.1) is 13.8 Å². The normalized spacial score (nSPS) is 13.6. The third kappa shape index (κ3) is 4.32. The van der Waals surface area contributed by atoms with Gasteiger partial charge in [0.1, 0.15) is 0 Å². The summed E-state index contributed by atoms with van der Waals surface area (Å²) in [6.45, 7) is 14.7. The molecule has 0 heterocycles. The second-order valence-electron chi connectivity index (χ2n) is 5.78. The van der Waals surface area contributed by atoms with Gasteiger partial charge in [0, 0.05) is 6.61 Å². The summed E-state index contributed by atoms with van der Waals surface area (Å²) in [4.78, 5) is 0. The molecule has 0 radical (unpaired) electrons. The first-order chi connectivity index (χ1) is 8.92. The Hall–Kier alpha value is -0.860. The van der Waals surface area contributed by atoms with Gasteiger partial charge in [-0.3, -0.25) is 0 Å². The summed E-state index contributed by atoms with van der Waals surface area (Å²) in [6.07, 6.45) is 1.13. The Kier molecular flexibility index (Phi) is 6.02. The van der Waals surface area contributed by atoms with Gasteiger partial charge in [-0.25, -0.2) is 0 Å². The second kappa shape index (κ2) is 7.06. The van der Waals surface area contributed by atoms with Crippen LogP contribution in [0.15, 0.2) is 18.2 Å². The Morgan fingerprint density at radius 1 is 1.21 bits per heavy atom. The number of ether oxygens (including phenoxy) is 1. The van der Waals surface area contributed by atoms with Gasteiger partial charge >= 0.3 is 0 Å². The lowest BCUT2D eigenvalue weighted by Gasteiger charge is -2.36. The second-order valence-corrected chi connectivity index (χ2v) is 5.78. The zero-order valence-corrected chi connectivity index (χ0v) is 13.3. The molecule has 2 nitrogen and oxygen atoms in total. The summed E-state index contributed by atoms with van der Waals surface area (Å²) in [5, 5.41) is 3.65. The Morgan fingerprint density at radius 2 is 1.89 bits per heavy atom. The van der Waals surface area contributed by atoms with E-state index in [1.54, 1.807) is 0 Å². The van der Waals surface area contributed by atoms with Crippen molar-refractivity contribution in [2.75, 3.05) is 13.2 Å². The first-order valence-electron chi connectivity index (χ1n) is 7.36. The Balaban J connectivity index is 3.11. The lowest BCUT2D eigenvalue weighted by molar-refractivity contribution is -0.0393. The van der Waals surface area contributed by atoms with Crippen molar-refractivity contribution in [1.82, 2.24) is 5.32 Å². The molecule has 0 saturated carbocycles. The van der Waals surface area contributed by atoms with Crippen molar-refractivity contribution in [2.45, 2.75) is 59.6 Å². The molecule has 1 N–H and O–H groups in total. The lowest BCUT2D eigenvalue weighted by atomic mass is 9.88. The van der Waals surface area contributed by atoms with Gasteiger partial charge in [0.15, 0.2) is 0 Å². The zero-order chi connectivity index (χ0) is 14.5. The Labute approximate surface area is 118 Å². The van der Waals surface area contributed by atoms with Crippen LogP contribution in [0.3, 0.4) is 0 Å². The molecular weight excluding hydrogens is 234 g/mol. The van der Waals surface area contributed by atoms with E-state index in [1.807, 2.05) is 0 Å². The molecule has 0 aliphatic carbocycles. The van der Waals surface area contributed by atoms with E-state index in [4.69, 9.17) is 4.74 Å². The largest absolute Gasteiger partial charge is 0.374 e. The van der Waals surface area contributed by atoms with Crippen molar-refractivity contribution in [3.63, 3.8) is 0 Å². The van der Waals surface area contributed by atoms with E-state index >= 15 is 0 Å². The summed E-state index contributed by atoms with van der Waals surface area (Å²) < 4.78 is 5.98. The number of rotatable bonds is 7. The van der Waals surface area contributed by atoms with Crippen LogP contribution >= 0.6 is 0 Å². The molecule has 1 unspecified atom stereocenters. The standard InChI is InChI=1S/C17H29NO/c1-7-11-18-16(17(5,6)19-8-2)15-12-13(3)9-10-14(15)4/h9-10,12,16,18H,7-8,11H2,1-6H3. The molecule has 1 atom stereocenters. The van der Waals surface area contributed by atoms with E-state index in [0.29, 0.717) is 0 Å². The van der Waals surface area contributed by atoms with Crippen LogP contribution in [0.1, 0.15) is 56.8 Å². The van der Waals surface area contributed by atoms with Crippen LogP contribution in [0.5, 0.6) is 0 Å². The summed E-state index contributed by atoms with van der Waals surface area (Å²) in [7, 11) is 0. The van der Waals surface area contributed by atoms with Crippen molar-refractivity contribution in [3.8, 4) is 0 Å². The number of benzene rings is 1. The maximum Gasteiger partial charge on any atom is 0.0820 e. The SMILES string of the molecule is CCCNC(c1cc(C)ccc1C)C(C)(C)OCC. The fraction of sp³-hybridized carbons (Fsp3) is 0.647. The average Bonchev–Trinajstić information content (AvgIpc) is 2.33. The van der Waals surface area contributed by atoms with Crippen LogP contribution in [0.25, 0.3) is 0 Å². The van der Waals surface area contributed by atoms with Crippen molar-refractivity contribution < 1.29 is 4.74 Å². The van der Waals surface area contributed by atoms with E-state index in [9.17, 15) is 0 Å². The van der Waals surface area contributed by atoms with Crippen LogP contribution in [-0.4, -0.2) is 18.8 Å². The van der Waals surface area contributed by atoms with Gasteiger partial charge in [-0.1, -0.05) is 30.7 Å². The van der Waals surface area contributed by atoms with E-state index in [2.05, 4.69) is 65.1 Å². The highest BCUT2D eigenvalue weighted by molar-refractivity contribution is 5.34. The van der Waals surface area contributed by atoms with Gasteiger partial charge in [0.25, 0.3) is 0 Å². The lowest BCUT2D eigenvalue weighted by Crippen LogP contribution is -2.42. The summed E-state index contributed by atoms with van der Waals surface area (Å²) in [5.41, 5.74) is 3.78. The minimum absolute atomic E-state index is 0.206. The van der Waals surface area contributed by atoms with Crippen molar-refractivity contribution in [3.05, 3.63) is 34.9 Å². The molecule has 1 rings (SSSR count). The smallest absolute Gasteiger partial charge is 0.0820 e. The zero-order valence-electron chi connectivity index (χ0n) is 13.3. The molecule has 0 aliphatic heterocycles. The van der Waals surface area contributed by atoms with E-state index < -0.39 is 0 Å². The molecule has 0 spiro atoms. The van der Waals surface area contributed by atoms with Gasteiger partial charge in [0.05, 0.1) is 11.6 Å². The van der Waals surface area contributed by atoms with E-state index in [-0.39, 0.29) is 11.6 Å². The Morgan fingerprint density at radius 3 is 2.47 bits per heavy atom. The molecule has 0 bridgehead atoms. The number of nitrogens with one attached hydrogen (secondary N) is 1. The molecular formula is C17H29NO. The molecule has 108 valence electrons. The van der Waals surface area contributed by atoms with Crippen LogP contribution in [0.4, 0.5) is 0 Å². The molecule has 19 heavy (non-hydrogen) atoms. The van der Waals surface area contributed by atoms with Gasteiger partial charge in [-0.15, -0.1) is 0 Å². The maximum atomic E-state index is 5.98. The maximum absolute atomic E-state index is 5.98. The minimum atomic E-state index is -0.206. The fourth-order valence-corrected chi connectivity index (χ4v) is 2.55. The van der Waals surface area contributed by atoms with Crippen LogP contribution in [0.2, 0.25) is 0 Å². The van der Waals surface area contributed by atoms with Gasteiger partial charge in [-0.2, -0.15) is 0 Å². The molecule has 2 heteroatoms. The highest BCUT2D eigenvalue weighted by Gasteiger charge is 2.31. The quantitative estimate of drug-likeness (QED) is 0.797. The molecule has 0 saturated heterocycles. The van der Waals surface area contributed by atoms with Crippen molar-refractivity contribution in [2.24, 2.45) is 0 Å². The average molecular weight is 263 g/mol. The van der Waals surface area contributed by atoms with E-state index in [1.165, 1.54) is 16.7 Å². The highest BCUT2D eigenvalue weighted by Crippen LogP contribution is 2.31. The fourth-order valence-electron chi connectivity index (χ4n) is 2.55. The summed E-state index contributed by atoms with van der Waals surface area (Å²) >= 11 is 0.